The highest BCUT2D eigenvalue weighted by Gasteiger charge is 2.46. The number of nitrogens with zero attached hydrogens (tertiary/aromatic N) is 1. The molecule has 1 fully saturated rings. The van der Waals surface area contributed by atoms with Crippen molar-refractivity contribution in [2.24, 2.45) is 5.92 Å². The van der Waals surface area contributed by atoms with Crippen LogP contribution in [-0.2, 0) is 28.6 Å². The molecule has 1 rings (SSSR count). The molecule has 0 aromatic carbocycles. The van der Waals surface area contributed by atoms with E-state index in [1.165, 1.54) is 6.92 Å². The van der Waals surface area contributed by atoms with Crippen LogP contribution in [0.1, 0.15) is 68.2 Å². The Labute approximate surface area is 210 Å². The molecule has 8 heteroatoms. The average Bonchev–Trinajstić information content (AvgIpc) is 3.10. The Morgan fingerprint density at radius 3 is 2.20 bits per heavy atom. The third kappa shape index (κ3) is 10.7. The van der Waals surface area contributed by atoms with Crippen molar-refractivity contribution >= 4 is 17.8 Å². The summed E-state index contributed by atoms with van der Waals surface area (Å²) in [5.74, 6) is -0.818. The van der Waals surface area contributed by atoms with Crippen molar-refractivity contribution in [3.8, 4) is 0 Å². The van der Waals surface area contributed by atoms with Gasteiger partial charge in [0, 0.05) is 19.9 Å². The summed E-state index contributed by atoms with van der Waals surface area (Å²) >= 11 is 0. The minimum atomic E-state index is -0.845. The van der Waals surface area contributed by atoms with Crippen LogP contribution in [-0.4, -0.2) is 65.2 Å². The summed E-state index contributed by atoms with van der Waals surface area (Å²) in [6.07, 6.45) is 6.17. The lowest BCUT2D eigenvalue weighted by atomic mass is 10.0. The summed E-state index contributed by atoms with van der Waals surface area (Å²) in [5.41, 5.74) is -1.41. The van der Waals surface area contributed by atoms with Gasteiger partial charge in [-0.15, -0.1) is 0 Å². The van der Waals surface area contributed by atoms with Crippen LogP contribution in [0.25, 0.3) is 0 Å². The lowest BCUT2D eigenvalue weighted by molar-refractivity contribution is -0.168. The molecule has 1 N–H and O–H groups in total. The van der Waals surface area contributed by atoms with Gasteiger partial charge in [0.05, 0.1) is 6.04 Å². The molecule has 0 spiro atoms. The maximum Gasteiger partial charge on any atom is 0.323 e. The molecule has 0 aromatic heterocycles. The maximum atomic E-state index is 13.5. The van der Waals surface area contributed by atoms with Gasteiger partial charge in [0.25, 0.3) is 0 Å². The van der Waals surface area contributed by atoms with E-state index < -0.39 is 41.3 Å². The molecule has 0 aromatic rings. The van der Waals surface area contributed by atoms with Crippen LogP contribution in [0.5, 0.6) is 0 Å². The molecule has 0 bridgehead atoms. The van der Waals surface area contributed by atoms with Gasteiger partial charge >= 0.3 is 11.9 Å². The number of nitrogens with one attached hydrogen (secondary N) is 1. The molecular weight excluding hydrogens is 448 g/mol. The molecule has 8 nitrogen and oxygen atoms in total. The SMILES string of the molecule is C=CCOC(=C)C(C[C@H](C(=O)OC(C)(C)C)N1CC(C=CC)CC1C(=O)OC(C)(C)C)NC(C)=O. The first-order valence-electron chi connectivity index (χ1n) is 12.1. The second-order valence-electron chi connectivity index (χ2n) is 10.9. The fraction of sp³-hybridized carbons (Fsp3) is 0.667. The van der Waals surface area contributed by atoms with Gasteiger partial charge < -0.3 is 19.5 Å². The molecule has 4 atom stereocenters. The Balaban J connectivity index is 3.42. The van der Waals surface area contributed by atoms with E-state index in [-0.39, 0.29) is 24.9 Å². The number of carbonyl (C=O) groups is 3. The fourth-order valence-corrected chi connectivity index (χ4v) is 4.00. The summed E-state index contributed by atoms with van der Waals surface area (Å²) in [6.45, 7) is 22.4. The van der Waals surface area contributed by atoms with Crippen molar-refractivity contribution in [1.29, 1.82) is 0 Å². The lowest BCUT2D eigenvalue weighted by Gasteiger charge is -2.35. The van der Waals surface area contributed by atoms with Crippen LogP contribution in [0.2, 0.25) is 0 Å². The second kappa shape index (κ2) is 12.9. The number of esters is 2. The number of hydrogen-bond acceptors (Lipinski definition) is 7. The molecule has 198 valence electrons. The first-order chi connectivity index (χ1) is 16.1. The molecule has 1 heterocycles. The van der Waals surface area contributed by atoms with Crippen LogP contribution >= 0.6 is 0 Å². The summed E-state index contributed by atoms with van der Waals surface area (Å²) in [5, 5.41) is 2.82. The molecule has 35 heavy (non-hydrogen) atoms. The van der Waals surface area contributed by atoms with Crippen molar-refractivity contribution in [1.82, 2.24) is 10.2 Å². The number of amides is 1. The number of ether oxygens (including phenoxy) is 3. The maximum absolute atomic E-state index is 13.5. The summed E-state index contributed by atoms with van der Waals surface area (Å²) in [7, 11) is 0. The van der Waals surface area contributed by atoms with E-state index in [1.807, 2.05) is 44.7 Å². The number of rotatable bonds is 11. The normalized spacial score (nSPS) is 20.7. The van der Waals surface area contributed by atoms with Crippen molar-refractivity contribution in [2.75, 3.05) is 13.2 Å². The third-order valence-electron chi connectivity index (χ3n) is 5.21. The largest absolute Gasteiger partial charge is 0.492 e. The topological polar surface area (TPSA) is 94.2 Å². The highest BCUT2D eigenvalue weighted by Crippen LogP contribution is 2.31. The minimum absolute atomic E-state index is 0.0573. The highest BCUT2D eigenvalue weighted by atomic mass is 16.6. The van der Waals surface area contributed by atoms with E-state index in [1.54, 1.807) is 26.8 Å². The van der Waals surface area contributed by atoms with Crippen molar-refractivity contribution in [3.05, 3.63) is 37.1 Å². The van der Waals surface area contributed by atoms with Gasteiger partial charge in [0.2, 0.25) is 5.91 Å². The van der Waals surface area contributed by atoms with E-state index in [0.717, 1.165) is 0 Å². The molecule has 1 aliphatic rings. The Morgan fingerprint density at radius 2 is 1.71 bits per heavy atom. The van der Waals surface area contributed by atoms with Crippen LogP contribution in [0.15, 0.2) is 37.1 Å². The summed E-state index contributed by atoms with van der Waals surface area (Å²) < 4.78 is 17.1. The third-order valence-corrected chi connectivity index (χ3v) is 5.21. The monoisotopic (exact) mass is 492 g/mol. The standard InChI is InChI=1S/C27H44N2O6/c1-11-13-20-15-22(24(31)34-26(5,6)7)29(17-20)23(25(32)35-27(8,9)10)16-21(28-19(4)30)18(3)33-14-12-2/h11-13,20-23H,2-3,14-17H2,1,4-10H3,(H,28,30)/t20?,21?,22?,23-/m1/s1. The van der Waals surface area contributed by atoms with Gasteiger partial charge in [-0.05, 0) is 60.8 Å². The molecule has 3 unspecified atom stereocenters. The molecule has 1 amide bonds. The molecule has 1 aliphatic heterocycles. The van der Waals surface area contributed by atoms with Crippen molar-refractivity contribution in [3.63, 3.8) is 0 Å². The Morgan fingerprint density at radius 1 is 1.11 bits per heavy atom. The summed E-state index contributed by atoms with van der Waals surface area (Å²) in [6, 6.07) is -2.17. The van der Waals surface area contributed by atoms with E-state index in [9.17, 15) is 14.4 Å². The quantitative estimate of drug-likeness (QED) is 0.265. The minimum Gasteiger partial charge on any atom is -0.492 e. The number of hydrogen-bond donors (Lipinski definition) is 1. The van der Waals surface area contributed by atoms with Gasteiger partial charge in [-0.3, -0.25) is 19.3 Å². The van der Waals surface area contributed by atoms with Crippen LogP contribution < -0.4 is 5.32 Å². The lowest BCUT2D eigenvalue weighted by Crippen LogP contribution is -2.53. The van der Waals surface area contributed by atoms with Crippen LogP contribution in [0.3, 0.4) is 0 Å². The first kappa shape index (κ1) is 30.4. The van der Waals surface area contributed by atoms with Crippen molar-refractivity contribution < 1.29 is 28.6 Å². The van der Waals surface area contributed by atoms with Gasteiger partial charge in [-0.25, -0.2) is 0 Å². The Kier molecular flexibility index (Phi) is 11.2. The summed E-state index contributed by atoms with van der Waals surface area (Å²) in [4.78, 5) is 40.5. The Hall–Kier alpha value is -2.61. The smallest absolute Gasteiger partial charge is 0.323 e. The zero-order chi connectivity index (χ0) is 27.0. The zero-order valence-corrected chi connectivity index (χ0v) is 22.7. The first-order valence-corrected chi connectivity index (χ1v) is 12.1. The molecular formula is C27H44N2O6. The molecule has 0 radical (unpaired) electrons. The number of carbonyl (C=O) groups excluding carboxylic acids is 3. The fourth-order valence-electron chi connectivity index (χ4n) is 4.00. The molecule has 0 aliphatic carbocycles. The highest BCUT2D eigenvalue weighted by molar-refractivity contribution is 5.81. The van der Waals surface area contributed by atoms with Gasteiger partial charge in [0.15, 0.2) is 0 Å². The number of likely N-dealkylation sites (tertiary alicyclic amines) is 1. The zero-order valence-electron chi connectivity index (χ0n) is 22.7. The average molecular weight is 493 g/mol. The number of allylic oxidation sites excluding steroid dienone is 1. The van der Waals surface area contributed by atoms with Crippen molar-refractivity contribution in [2.45, 2.75) is 97.6 Å². The predicted molar refractivity (Wildman–Crippen MR) is 136 cm³/mol. The van der Waals surface area contributed by atoms with Gasteiger partial charge in [0.1, 0.15) is 35.7 Å². The molecule has 0 saturated carbocycles. The second-order valence-corrected chi connectivity index (χ2v) is 10.9. The van der Waals surface area contributed by atoms with Crippen LogP contribution in [0.4, 0.5) is 0 Å². The van der Waals surface area contributed by atoms with Crippen LogP contribution in [0, 0.1) is 5.92 Å². The van der Waals surface area contributed by atoms with E-state index in [0.29, 0.717) is 18.7 Å². The predicted octanol–water partition coefficient (Wildman–Crippen LogP) is 3.92. The van der Waals surface area contributed by atoms with Gasteiger partial charge in [-0.2, -0.15) is 0 Å². The van der Waals surface area contributed by atoms with E-state index in [4.69, 9.17) is 14.2 Å². The van der Waals surface area contributed by atoms with E-state index in [2.05, 4.69) is 18.5 Å². The molecule has 1 saturated heterocycles. The Bertz CT molecular complexity index is 805. The van der Waals surface area contributed by atoms with E-state index >= 15 is 0 Å². The van der Waals surface area contributed by atoms with Gasteiger partial charge in [-0.1, -0.05) is 31.4 Å².